The molecular formula is C31H46FN3O6. The Morgan fingerprint density at radius 1 is 1.10 bits per heavy atom. The number of ether oxygens (including phenoxy) is 1. The van der Waals surface area contributed by atoms with Gasteiger partial charge in [0.2, 0.25) is 0 Å². The van der Waals surface area contributed by atoms with Crippen molar-refractivity contribution in [2.75, 3.05) is 38.2 Å². The van der Waals surface area contributed by atoms with Crippen LogP contribution in [0.3, 0.4) is 0 Å². The molecule has 0 spiro atoms. The van der Waals surface area contributed by atoms with Gasteiger partial charge in [-0.25, -0.2) is 9.59 Å². The van der Waals surface area contributed by atoms with Crippen molar-refractivity contribution >= 4 is 17.7 Å². The Morgan fingerprint density at radius 2 is 1.68 bits per heavy atom. The van der Waals surface area contributed by atoms with Crippen LogP contribution in [0.4, 0.5) is 14.9 Å². The van der Waals surface area contributed by atoms with Gasteiger partial charge in [-0.1, -0.05) is 30.3 Å². The molecule has 0 bridgehead atoms. The molecule has 2 fully saturated rings. The third-order valence-corrected chi connectivity index (χ3v) is 7.21. The molecule has 41 heavy (non-hydrogen) atoms. The third-order valence-electron chi connectivity index (χ3n) is 7.21. The number of amides is 1. The molecule has 9 nitrogen and oxygen atoms in total. The Kier molecular flexibility index (Phi) is 11.5. The van der Waals surface area contributed by atoms with E-state index in [1.54, 1.807) is 36.9 Å². The number of carboxylic acids is 1. The minimum atomic E-state index is -1.22. The fourth-order valence-electron chi connectivity index (χ4n) is 4.76. The maximum absolute atomic E-state index is 11.7. The van der Waals surface area contributed by atoms with Gasteiger partial charge in [-0.2, -0.15) is 0 Å². The molecule has 10 heteroatoms. The summed E-state index contributed by atoms with van der Waals surface area (Å²) in [5.41, 5.74) is 0.489. The summed E-state index contributed by atoms with van der Waals surface area (Å²) in [6.07, 6.45) is 2.00. The SMILES string of the molecule is CC(C)(C)OC(=O)NCc1cccc(C2CCNCC2)c1.CC1(O)CN(c2cccc(C(=O)O)c2)CC1(C)O.[2H]CF. The van der Waals surface area contributed by atoms with Crippen molar-refractivity contribution < 1.29 is 35.4 Å². The number of alkyl carbamates (subject to hydrolysis) is 1. The number of carbonyl (C=O) groups excluding carboxylic acids is 1. The van der Waals surface area contributed by atoms with Crippen molar-refractivity contribution in [2.24, 2.45) is 0 Å². The van der Waals surface area contributed by atoms with Crippen LogP contribution in [0.2, 0.25) is 0 Å². The largest absolute Gasteiger partial charge is 0.478 e. The van der Waals surface area contributed by atoms with Crippen LogP contribution in [0.25, 0.3) is 0 Å². The number of piperidine rings is 1. The summed E-state index contributed by atoms with van der Waals surface area (Å²) in [5.74, 6) is -0.359. The smallest absolute Gasteiger partial charge is 0.407 e. The molecule has 2 aliphatic heterocycles. The van der Waals surface area contributed by atoms with Crippen LogP contribution < -0.4 is 15.5 Å². The van der Waals surface area contributed by atoms with E-state index in [1.807, 2.05) is 26.8 Å². The number of hydrogen-bond donors (Lipinski definition) is 5. The molecule has 2 atom stereocenters. The first-order chi connectivity index (χ1) is 19.6. The number of rotatable bonds is 5. The summed E-state index contributed by atoms with van der Waals surface area (Å²) in [7, 11) is -1.00. The number of hydrogen-bond acceptors (Lipinski definition) is 7. The fourth-order valence-corrected chi connectivity index (χ4v) is 4.76. The monoisotopic (exact) mass is 576 g/mol. The van der Waals surface area contributed by atoms with Gasteiger partial charge in [0.15, 0.2) is 0 Å². The molecule has 1 amide bonds. The van der Waals surface area contributed by atoms with Gasteiger partial charge in [-0.3, -0.25) is 4.39 Å². The number of carboxylic acid groups (broad SMARTS) is 1. The van der Waals surface area contributed by atoms with Gasteiger partial charge in [-0.15, -0.1) is 0 Å². The van der Waals surface area contributed by atoms with Gasteiger partial charge in [0.1, 0.15) is 16.8 Å². The Labute approximate surface area is 244 Å². The number of carbonyl (C=O) groups is 2. The van der Waals surface area contributed by atoms with Crippen molar-refractivity contribution in [3.63, 3.8) is 0 Å². The Morgan fingerprint density at radius 3 is 2.24 bits per heavy atom. The van der Waals surface area contributed by atoms with Crippen LogP contribution in [-0.2, 0) is 11.3 Å². The summed E-state index contributed by atoms with van der Waals surface area (Å²) in [6.45, 7) is 12.0. The molecule has 4 rings (SSSR count). The Bertz CT molecular complexity index is 1150. The van der Waals surface area contributed by atoms with Gasteiger partial charge < -0.3 is 35.6 Å². The lowest BCUT2D eigenvalue weighted by atomic mass is 9.89. The average molecular weight is 577 g/mol. The topological polar surface area (TPSA) is 131 Å². The van der Waals surface area contributed by atoms with Gasteiger partial charge in [0, 0.05) is 25.3 Å². The van der Waals surface area contributed by atoms with E-state index in [9.17, 15) is 24.2 Å². The highest BCUT2D eigenvalue weighted by molar-refractivity contribution is 5.88. The van der Waals surface area contributed by atoms with Gasteiger partial charge >= 0.3 is 12.1 Å². The predicted octanol–water partition coefficient (Wildman–Crippen LogP) is 4.47. The minimum absolute atomic E-state index is 0.193. The van der Waals surface area contributed by atoms with Gasteiger partial charge in [0.05, 0.1) is 14.1 Å². The van der Waals surface area contributed by atoms with Crippen LogP contribution in [-0.4, -0.2) is 77.5 Å². The van der Waals surface area contributed by atoms with Crippen molar-refractivity contribution in [1.29, 1.82) is 0 Å². The molecule has 0 saturated carbocycles. The van der Waals surface area contributed by atoms with E-state index >= 15 is 0 Å². The number of halogens is 1. The maximum atomic E-state index is 11.7. The van der Waals surface area contributed by atoms with Crippen molar-refractivity contribution in [2.45, 2.75) is 76.7 Å². The second-order valence-corrected chi connectivity index (χ2v) is 11.9. The van der Waals surface area contributed by atoms with E-state index in [0.717, 1.165) is 18.7 Å². The minimum Gasteiger partial charge on any atom is -0.478 e. The normalized spacial score (nSPS) is 22.8. The molecule has 2 aromatic rings. The molecule has 2 heterocycles. The van der Waals surface area contributed by atoms with E-state index in [4.69, 9.17) is 11.2 Å². The molecule has 2 saturated heterocycles. The summed E-state index contributed by atoms with van der Waals surface area (Å²) < 4.78 is 20.7. The molecule has 0 aromatic heterocycles. The first-order valence-corrected chi connectivity index (χ1v) is 13.7. The molecular weight excluding hydrogens is 529 g/mol. The Hall–Kier alpha value is -3.21. The molecule has 228 valence electrons. The lowest BCUT2D eigenvalue weighted by molar-refractivity contribution is -0.0935. The summed E-state index contributed by atoms with van der Waals surface area (Å²) in [4.78, 5) is 24.4. The number of anilines is 1. The quantitative estimate of drug-likeness (QED) is 0.352. The lowest BCUT2D eigenvalue weighted by Crippen LogP contribution is -2.48. The van der Waals surface area contributed by atoms with Crippen molar-refractivity contribution in [3.8, 4) is 0 Å². The fraction of sp³-hybridized carbons (Fsp3) is 0.548. The number of nitrogens with one attached hydrogen (secondary N) is 2. The first-order valence-electron chi connectivity index (χ1n) is 14.4. The van der Waals surface area contributed by atoms with Crippen LogP contribution in [0, 0.1) is 0 Å². The van der Waals surface area contributed by atoms with E-state index in [1.165, 1.54) is 24.5 Å². The highest BCUT2D eigenvalue weighted by atomic mass is 19.1. The van der Waals surface area contributed by atoms with Crippen molar-refractivity contribution in [1.82, 2.24) is 10.6 Å². The first kappa shape index (κ1) is 32.3. The molecule has 2 aromatic carbocycles. The molecule has 0 radical (unpaired) electrons. The summed E-state index contributed by atoms with van der Waals surface area (Å²) >= 11 is 0. The van der Waals surface area contributed by atoms with Crippen LogP contribution in [0.5, 0.6) is 0 Å². The molecule has 5 N–H and O–H groups in total. The van der Waals surface area contributed by atoms with E-state index in [2.05, 4.69) is 28.8 Å². The lowest BCUT2D eigenvalue weighted by Gasteiger charge is -2.29. The highest BCUT2D eigenvalue weighted by Crippen LogP contribution is 2.34. The van der Waals surface area contributed by atoms with E-state index in [-0.39, 0.29) is 24.7 Å². The zero-order valence-corrected chi connectivity index (χ0v) is 24.7. The predicted molar refractivity (Wildman–Crippen MR) is 158 cm³/mol. The number of β-amino-alcohol motifs (C(OH)–C–C–N with tert-alkyl or cyclic N) is 2. The van der Waals surface area contributed by atoms with Crippen LogP contribution >= 0.6 is 0 Å². The van der Waals surface area contributed by atoms with Crippen LogP contribution in [0.1, 0.15) is 76.2 Å². The molecule has 2 unspecified atom stereocenters. The zero-order valence-electron chi connectivity index (χ0n) is 25.7. The number of aromatic carboxylic acids is 1. The van der Waals surface area contributed by atoms with E-state index < -0.39 is 29.9 Å². The molecule has 2 aliphatic rings. The summed E-state index contributed by atoms with van der Waals surface area (Å²) in [6, 6.07) is 15.0. The number of benzene rings is 2. The highest BCUT2D eigenvalue weighted by Gasteiger charge is 2.50. The number of nitrogens with zero attached hydrogens (tertiary/aromatic N) is 1. The van der Waals surface area contributed by atoms with Gasteiger partial charge in [0.25, 0.3) is 0 Å². The number of aliphatic hydroxyl groups is 2. The van der Waals surface area contributed by atoms with Crippen LogP contribution in [0.15, 0.2) is 48.5 Å². The maximum Gasteiger partial charge on any atom is 0.407 e. The second-order valence-electron chi connectivity index (χ2n) is 11.9. The average Bonchev–Trinajstić information content (AvgIpc) is 3.14. The Balaban J connectivity index is 0.000000271. The second kappa shape index (κ2) is 14.6. The van der Waals surface area contributed by atoms with Crippen molar-refractivity contribution in [3.05, 3.63) is 65.2 Å². The third kappa shape index (κ3) is 10.3. The number of alkyl halides is 1. The zero-order chi connectivity index (χ0) is 31.6. The summed E-state index contributed by atoms with van der Waals surface area (Å²) in [5, 5.41) is 35.4. The van der Waals surface area contributed by atoms with E-state index in [0.29, 0.717) is 18.2 Å². The molecule has 0 aliphatic carbocycles. The standard InChI is InChI=1S/C17H26N2O2.C13H17NO4.CH3F/c1-17(2,3)21-16(20)19-12-13-5-4-6-15(11-13)14-7-9-18-10-8-14;1-12(17)7-14(8-13(12,2)18)10-5-3-4-9(6-10)11(15)16;1-2/h4-6,11,14,18H,7-10,12H2,1-3H3,(H,19,20);3-6,17-18H,7-8H2,1-2H3,(H,15,16);1H3/i;;1D. The van der Waals surface area contributed by atoms with Gasteiger partial charge in [-0.05, 0) is 95.8 Å².